The molecule has 188 valence electrons. The van der Waals surface area contributed by atoms with Crippen molar-refractivity contribution in [1.29, 1.82) is 0 Å². The van der Waals surface area contributed by atoms with Gasteiger partial charge < -0.3 is 0 Å². The van der Waals surface area contributed by atoms with Crippen LogP contribution in [0.15, 0.2) is 30.3 Å². The van der Waals surface area contributed by atoms with Crippen LogP contribution in [-0.2, 0) is 5.92 Å². The van der Waals surface area contributed by atoms with E-state index in [0.29, 0.717) is 24.5 Å². The fraction of sp³-hybridized carbons (Fsp3) is 0.538. The lowest BCUT2D eigenvalue weighted by Crippen LogP contribution is -2.26. The second kappa shape index (κ2) is 11.5. The first-order chi connectivity index (χ1) is 16.1. The topological polar surface area (TPSA) is 0 Å². The van der Waals surface area contributed by atoms with Crippen LogP contribution >= 0.6 is 0 Å². The Morgan fingerprint density at radius 3 is 1.97 bits per heavy atom. The summed E-state index contributed by atoms with van der Waals surface area (Å²) in [6.45, 7) is -0.274. The molecule has 0 atom stereocenters. The minimum Gasteiger partial charge on any atom is -0.251 e. The molecule has 1 aliphatic rings. The maximum absolute atomic E-state index is 14.8. The Morgan fingerprint density at radius 2 is 1.41 bits per heavy atom. The van der Waals surface area contributed by atoms with E-state index in [1.807, 2.05) is 0 Å². The van der Waals surface area contributed by atoms with Crippen LogP contribution in [-0.4, -0.2) is 13.1 Å². The number of rotatable bonds is 10. The first-order valence-corrected chi connectivity index (χ1v) is 11.7. The number of benzene rings is 2. The molecule has 0 radical (unpaired) electrons. The van der Waals surface area contributed by atoms with E-state index in [-0.39, 0.29) is 23.7 Å². The summed E-state index contributed by atoms with van der Waals surface area (Å²) in [6.07, 6.45) is 4.22. The van der Waals surface area contributed by atoms with Gasteiger partial charge in [0, 0.05) is 5.56 Å². The molecule has 34 heavy (non-hydrogen) atoms. The van der Waals surface area contributed by atoms with Crippen molar-refractivity contribution in [2.75, 3.05) is 6.67 Å². The van der Waals surface area contributed by atoms with Crippen molar-refractivity contribution in [1.82, 2.24) is 0 Å². The van der Waals surface area contributed by atoms with Crippen LogP contribution in [0.1, 0.15) is 74.8 Å². The molecule has 0 bridgehead atoms. The van der Waals surface area contributed by atoms with Crippen molar-refractivity contribution in [3.63, 3.8) is 0 Å². The van der Waals surface area contributed by atoms with Crippen LogP contribution in [0, 0.1) is 23.4 Å². The predicted octanol–water partition coefficient (Wildman–Crippen LogP) is 9.32. The Hall–Kier alpha value is -2.12. The van der Waals surface area contributed by atoms with Crippen molar-refractivity contribution < 1.29 is 35.1 Å². The molecule has 8 heteroatoms. The van der Waals surface area contributed by atoms with Crippen LogP contribution < -0.4 is 0 Å². The second-order valence-corrected chi connectivity index (χ2v) is 9.09. The molecule has 2 aromatic carbocycles. The molecular formula is C26H28F8. The van der Waals surface area contributed by atoms with Crippen LogP contribution in [0.5, 0.6) is 0 Å². The fourth-order valence-electron chi connectivity index (χ4n) is 4.84. The maximum Gasteiger partial charge on any atom is 0.338 e. The lowest BCUT2D eigenvalue weighted by atomic mass is 9.77. The molecular weight excluding hydrogens is 464 g/mol. The zero-order valence-electron chi connectivity index (χ0n) is 18.7. The van der Waals surface area contributed by atoms with E-state index in [2.05, 4.69) is 0 Å². The van der Waals surface area contributed by atoms with Gasteiger partial charge in [0.15, 0.2) is 0 Å². The van der Waals surface area contributed by atoms with E-state index in [4.69, 9.17) is 0 Å². The highest BCUT2D eigenvalue weighted by molar-refractivity contribution is 5.65. The van der Waals surface area contributed by atoms with E-state index in [9.17, 15) is 35.1 Å². The summed E-state index contributed by atoms with van der Waals surface area (Å²) >= 11 is 0. The first-order valence-electron chi connectivity index (χ1n) is 11.7. The van der Waals surface area contributed by atoms with Crippen LogP contribution in [0.25, 0.3) is 11.1 Å². The van der Waals surface area contributed by atoms with Gasteiger partial charge in [0.05, 0.1) is 12.2 Å². The van der Waals surface area contributed by atoms with E-state index in [0.717, 1.165) is 56.9 Å². The van der Waals surface area contributed by atoms with Gasteiger partial charge in [0.25, 0.3) is 0 Å². The zero-order chi connectivity index (χ0) is 24.9. The van der Waals surface area contributed by atoms with E-state index in [1.54, 1.807) is 6.07 Å². The van der Waals surface area contributed by atoms with Gasteiger partial charge in [-0.05, 0) is 73.3 Å². The lowest BCUT2D eigenvalue weighted by Gasteiger charge is -2.29. The Labute approximate surface area is 194 Å². The van der Waals surface area contributed by atoms with E-state index < -0.39 is 35.4 Å². The van der Waals surface area contributed by atoms with E-state index >= 15 is 0 Å². The van der Waals surface area contributed by atoms with Gasteiger partial charge in [0.1, 0.15) is 17.5 Å². The lowest BCUT2D eigenvalue weighted by molar-refractivity contribution is -0.139. The Balaban J connectivity index is 1.67. The summed E-state index contributed by atoms with van der Waals surface area (Å²) < 4.78 is 107. The molecule has 0 unspecified atom stereocenters. The number of halogens is 8. The third-order valence-electron chi connectivity index (χ3n) is 6.77. The van der Waals surface area contributed by atoms with Crippen LogP contribution in [0.2, 0.25) is 0 Å². The number of unbranched alkanes of at least 4 members (excludes halogenated alkanes) is 3. The molecule has 1 fully saturated rings. The molecule has 0 aliphatic heterocycles. The zero-order valence-corrected chi connectivity index (χ0v) is 18.7. The van der Waals surface area contributed by atoms with Gasteiger partial charge in [-0.3, -0.25) is 4.39 Å². The van der Waals surface area contributed by atoms with Crippen molar-refractivity contribution >= 4 is 0 Å². The Morgan fingerprint density at radius 1 is 0.794 bits per heavy atom. The Bertz CT molecular complexity index is 925. The molecule has 0 nitrogen and oxygen atoms in total. The third-order valence-corrected chi connectivity index (χ3v) is 6.77. The molecule has 0 N–H and O–H groups in total. The fourth-order valence-corrected chi connectivity index (χ4v) is 4.84. The first kappa shape index (κ1) is 26.5. The molecule has 0 spiro atoms. The van der Waals surface area contributed by atoms with Gasteiger partial charge >= 0.3 is 12.3 Å². The quantitative estimate of drug-likeness (QED) is 0.229. The second-order valence-electron chi connectivity index (χ2n) is 9.09. The highest BCUT2D eigenvalue weighted by Gasteiger charge is 2.47. The largest absolute Gasteiger partial charge is 0.338 e. The molecule has 0 saturated heterocycles. The summed E-state index contributed by atoms with van der Waals surface area (Å²) in [4.78, 5) is 0. The van der Waals surface area contributed by atoms with Gasteiger partial charge in [-0.15, -0.1) is 0 Å². The summed E-state index contributed by atoms with van der Waals surface area (Å²) in [5.74, 6) is -8.73. The minimum atomic E-state index is -5.00. The maximum atomic E-state index is 14.8. The van der Waals surface area contributed by atoms with E-state index in [1.165, 1.54) is 12.1 Å². The molecule has 3 rings (SSSR count). The molecule has 0 heterocycles. The van der Waals surface area contributed by atoms with Crippen molar-refractivity contribution in [3.8, 4) is 11.1 Å². The summed E-state index contributed by atoms with van der Waals surface area (Å²) in [7, 11) is 0. The van der Waals surface area contributed by atoms with Gasteiger partial charge in [-0.25, -0.2) is 22.0 Å². The van der Waals surface area contributed by atoms with Gasteiger partial charge in [0.2, 0.25) is 0 Å². The van der Waals surface area contributed by atoms with Crippen molar-refractivity contribution in [3.05, 3.63) is 58.9 Å². The molecule has 0 amide bonds. The SMILES string of the molecule is FCCCCCCC1CCC(c2ccc(-c3cc(F)c(C(F)(F)C(F)F)c(F)c3)c(F)c2)CC1. The summed E-state index contributed by atoms with van der Waals surface area (Å²) in [6, 6.07) is 5.17. The van der Waals surface area contributed by atoms with Crippen molar-refractivity contribution in [2.45, 2.75) is 76.1 Å². The highest BCUT2D eigenvalue weighted by Crippen LogP contribution is 2.41. The van der Waals surface area contributed by atoms with Gasteiger partial charge in [-0.1, -0.05) is 37.8 Å². The number of alkyl halides is 5. The minimum absolute atomic E-state index is 0.145. The summed E-state index contributed by atoms with van der Waals surface area (Å²) in [5, 5.41) is 0. The molecule has 1 aliphatic carbocycles. The third kappa shape index (κ3) is 6.11. The molecule has 2 aromatic rings. The number of hydrogen-bond acceptors (Lipinski definition) is 0. The van der Waals surface area contributed by atoms with Crippen molar-refractivity contribution in [2.24, 2.45) is 5.92 Å². The monoisotopic (exact) mass is 492 g/mol. The molecule has 1 saturated carbocycles. The van der Waals surface area contributed by atoms with Crippen LogP contribution in [0.4, 0.5) is 35.1 Å². The van der Waals surface area contributed by atoms with Gasteiger partial charge in [-0.2, -0.15) is 8.78 Å². The molecule has 0 aromatic heterocycles. The summed E-state index contributed by atoms with van der Waals surface area (Å²) in [5.41, 5.74) is -1.81. The highest BCUT2D eigenvalue weighted by atomic mass is 19.3. The average molecular weight is 492 g/mol. The van der Waals surface area contributed by atoms with Crippen LogP contribution in [0.3, 0.4) is 0 Å². The smallest absolute Gasteiger partial charge is 0.251 e. The predicted molar refractivity (Wildman–Crippen MR) is 115 cm³/mol. The average Bonchev–Trinajstić information content (AvgIpc) is 2.78. The Kier molecular flexibility index (Phi) is 8.99. The number of hydrogen-bond donors (Lipinski definition) is 0. The normalized spacial score (nSPS) is 19.1. The standard InChI is InChI=1S/C26H28F8/c27-12-4-2-1-3-5-16-6-8-17(9-7-16)18-10-11-20(21(28)13-18)19-14-22(29)24(23(30)15-19)26(33,34)25(31)32/h10-11,13-17,25H,1-9,12H2.